The van der Waals surface area contributed by atoms with Gasteiger partial charge in [0, 0.05) is 19.1 Å². The fourth-order valence-corrected chi connectivity index (χ4v) is 1.57. The number of allylic oxidation sites excluding steroid dienone is 1. The van der Waals surface area contributed by atoms with Gasteiger partial charge in [0.05, 0.1) is 5.92 Å². The van der Waals surface area contributed by atoms with Crippen molar-refractivity contribution < 1.29 is 4.79 Å². The molecule has 2 unspecified atom stereocenters. The minimum atomic E-state index is -0.0750. The van der Waals surface area contributed by atoms with Gasteiger partial charge in [0.25, 0.3) is 0 Å². The van der Waals surface area contributed by atoms with Gasteiger partial charge in [0.1, 0.15) is 0 Å². The van der Waals surface area contributed by atoms with Crippen molar-refractivity contribution in [3.63, 3.8) is 0 Å². The molecule has 4 heteroatoms. The molecule has 4 N–H and O–H groups in total. The van der Waals surface area contributed by atoms with Crippen molar-refractivity contribution in [2.24, 2.45) is 11.7 Å². The van der Waals surface area contributed by atoms with E-state index >= 15 is 0 Å². The first-order chi connectivity index (χ1) is 6.75. The highest BCUT2D eigenvalue weighted by atomic mass is 16.1. The van der Waals surface area contributed by atoms with E-state index in [1.165, 1.54) is 0 Å². The maximum atomic E-state index is 11.6. The van der Waals surface area contributed by atoms with Gasteiger partial charge < -0.3 is 16.4 Å². The molecule has 1 rings (SSSR count). The fraction of sp³-hybridized carbons (Fsp3) is 0.700. The van der Waals surface area contributed by atoms with Crippen LogP contribution in [0.5, 0.6) is 0 Å². The average molecular weight is 197 g/mol. The Morgan fingerprint density at radius 1 is 1.71 bits per heavy atom. The number of carbonyl (C=O) groups excluding carboxylic acids is 1. The number of piperidine rings is 1. The van der Waals surface area contributed by atoms with Gasteiger partial charge in [-0.15, -0.1) is 0 Å². The second kappa shape index (κ2) is 5.78. The Morgan fingerprint density at radius 2 is 2.50 bits per heavy atom. The van der Waals surface area contributed by atoms with Gasteiger partial charge in [-0.3, -0.25) is 4.79 Å². The molecule has 0 saturated carbocycles. The molecule has 1 fully saturated rings. The normalized spacial score (nSPS) is 27.9. The van der Waals surface area contributed by atoms with Crippen LogP contribution in [-0.4, -0.2) is 31.6 Å². The number of rotatable bonds is 3. The Morgan fingerprint density at radius 3 is 3.14 bits per heavy atom. The molecule has 2 atom stereocenters. The molecule has 0 radical (unpaired) electrons. The molecular weight excluding hydrogens is 178 g/mol. The third-order valence-electron chi connectivity index (χ3n) is 2.50. The van der Waals surface area contributed by atoms with Crippen LogP contribution in [0, 0.1) is 5.92 Å². The molecule has 0 bridgehead atoms. The first kappa shape index (κ1) is 11.2. The maximum absolute atomic E-state index is 11.6. The minimum Gasteiger partial charge on any atom is -0.352 e. The summed E-state index contributed by atoms with van der Waals surface area (Å²) in [7, 11) is 0. The van der Waals surface area contributed by atoms with Gasteiger partial charge in [-0.2, -0.15) is 0 Å². The number of nitrogens with one attached hydrogen (secondary N) is 2. The third-order valence-corrected chi connectivity index (χ3v) is 2.50. The lowest BCUT2D eigenvalue weighted by Crippen LogP contribution is -2.51. The van der Waals surface area contributed by atoms with Crippen LogP contribution in [0.1, 0.15) is 13.3 Å². The molecule has 1 amide bonds. The number of hydrogen-bond acceptors (Lipinski definition) is 3. The summed E-state index contributed by atoms with van der Waals surface area (Å²) in [6, 6.07) is 0.00172. The van der Waals surface area contributed by atoms with Crippen molar-refractivity contribution in [1.29, 1.82) is 0 Å². The summed E-state index contributed by atoms with van der Waals surface area (Å²) in [5.41, 5.74) is 5.87. The molecule has 14 heavy (non-hydrogen) atoms. The molecule has 0 aromatic rings. The third kappa shape index (κ3) is 3.12. The summed E-state index contributed by atoms with van der Waals surface area (Å²) in [5, 5.41) is 6.02. The van der Waals surface area contributed by atoms with Crippen molar-refractivity contribution >= 4 is 5.91 Å². The van der Waals surface area contributed by atoms with E-state index in [-0.39, 0.29) is 17.9 Å². The van der Waals surface area contributed by atoms with E-state index < -0.39 is 0 Å². The summed E-state index contributed by atoms with van der Waals surface area (Å²) < 4.78 is 0. The van der Waals surface area contributed by atoms with Crippen LogP contribution in [0.3, 0.4) is 0 Å². The van der Waals surface area contributed by atoms with E-state index in [1.54, 1.807) is 0 Å². The van der Waals surface area contributed by atoms with Crippen molar-refractivity contribution in [3.05, 3.63) is 12.2 Å². The number of hydrogen-bond donors (Lipinski definition) is 3. The fourth-order valence-electron chi connectivity index (χ4n) is 1.57. The van der Waals surface area contributed by atoms with Crippen LogP contribution >= 0.6 is 0 Å². The lowest BCUT2D eigenvalue weighted by Gasteiger charge is -2.28. The molecule has 0 spiro atoms. The topological polar surface area (TPSA) is 67.2 Å². The van der Waals surface area contributed by atoms with Gasteiger partial charge in [-0.25, -0.2) is 0 Å². The van der Waals surface area contributed by atoms with Crippen LogP contribution in [0.15, 0.2) is 12.2 Å². The van der Waals surface area contributed by atoms with E-state index in [4.69, 9.17) is 5.73 Å². The Balaban J connectivity index is 2.34. The molecule has 0 aromatic heterocycles. The van der Waals surface area contributed by atoms with Crippen LogP contribution in [-0.2, 0) is 4.79 Å². The Bertz CT molecular complexity index is 215. The smallest absolute Gasteiger partial charge is 0.226 e. The predicted molar refractivity (Wildman–Crippen MR) is 56.8 cm³/mol. The van der Waals surface area contributed by atoms with Gasteiger partial charge in [0.15, 0.2) is 0 Å². The molecule has 80 valence electrons. The quantitative estimate of drug-likeness (QED) is 0.540. The van der Waals surface area contributed by atoms with Gasteiger partial charge >= 0.3 is 0 Å². The SMILES string of the molecule is C/C=C/CNC(=O)C1CNCCC1N. The molecular formula is C10H19N3O. The Hall–Kier alpha value is -0.870. The zero-order valence-electron chi connectivity index (χ0n) is 8.62. The second-order valence-corrected chi connectivity index (χ2v) is 3.58. The van der Waals surface area contributed by atoms with Gasteiger partial charge in [0.2, 0.25) is 5.91 Å². The molecule has 0 aromatic carbocycles. The van der Waals surface area contributed by atoms with Crippen LogP contribution in [0.25, 0.3) is 0 Å². The monoisotopic (exact) mass is 197 g/mol. The van der Waals surface area contributed by atoms with E-state index in [1.807, 2.05) is 19.1 Å². The van der Waals surface area contributed by atoms with Crippen LogP contribution in [0.4, 0.5) is 0 Å². The van der Waals surface area contributed by atoms with Gasteiger partial charge in [-0.1, -0.05) is 12.2 Å². The molecule has 1 aliphatic heterocycles. The molecule has 4 nitrogen and oxygen atoms in total. The highest BCUT2D eigenvalue weighted by Crippen LogP contribution is 2.08. The van der Waals surface area contributed by atoms with Crippen LogP contribution < -0.4 is 16.4 Å². The summed E-state index contributed by atoms with van der Waals surface area (Å²) >= 11 is 0. The lowest BCUT2D eigenvalue weighted by atomic mass is 9.93. The molecule has 1 saturated heterocycles. The molecule has 1 aliphatic rings. The zero-order valence-corrected chi connectivity index (χ0v) is 8.62. The highest BCUT2D eigenvalue weighted by molar-refractivity contribution is 5.79. The van der Waals surface area contributed by atoms with E-state index in [9.17, 15) is 4.79 Å². The highest BCUT2D eigenvalue weighted by Gasteiger charge is 2.27. The minimum absolute atomic E-state index is 0.00172. The van der Waals surface area contributed by atoms with E-state index in [0.29, 0.717) is 13.1 Å². The Kier molecular flexibility index (Phi) is 4.62. The standard InChI is InChI=1S/C10H19N3O/c1-2-3-5-13-10(14)8-7-12-6-4-9(8)11/h2-3,8-9,12H,4-7,11H2,1H3,(H,13,14)/b3-2+. The largest absolute Gasteiger partial charge is 0.352 e. The first-order valence-corrected chi connectivity index (χ1v) is 5.11. The summed E-state index contributed by atoms with van der Waals surface area (Å²) in [6.45, 7) is 4.14. The summed E-state index contributed by atoms with van der Waals surface area (Å²) in [4.78, 5) is 11.6. The number of amides is 1. The van der Waals surface area contributed by atoms with E-state index in [2.05, 4.69) is 10.6 Å². The number of carbonyl (C=O) groups is 1. The lowest BCUT2D eigenvalue weighted by molar-refractivity contribution is -0.125. The van der Waals surface area contributed by atoms with Crippen molar-refractivity contribution in [3.8, 4) is 0 Å². The summed E-state index contributed by atoms with van der Waals surface area (Å²) in [5.74, 6) is -0.0168. The van der Waals surface area contributed by atoms with Crippen molar-refractivity contribution in [2.45, 2.75) is 19.4 Å². The average Bonchev–Trinajstić information content (AvgIpc) is 2.18. The van der Waals surface area contributed by atoms with Crippen LogP contribution in [0.2, 0.25) is 0 Å². The summed E-state index contributed by atoms with van der Waals surface area (Å²) in [6.07, 6.45) is 4.71. The zero-order chi connectivity index (χ0) is 10.4. The maximum Gasteiger partial charge on any atom is 0.226 e. The van der Waals surface area contributed by atoms with E-state index in [0.717, 1.165) is 13.0 Å². The number of nitrogens with two attached hydrogens (primary N) is 1. The molecule has 0 aliphatic carbocycles. The predicted octanol–water partition coefficient (Wildman–Crippen LogP) is -0.384. The second-order valence-electron chi connectivity index (χ2n) is 3.58. The van der Waals surface area contributed by atoms with Crippen molar-refractivity contribution in [1.82, 2.24) is 10.6 Å². The first-order valence-electron chi connectivity index (χ1n) is 5.11. The van der Waals surface area contributed by atoms with Gasteiger partial charge in [-0.05, 0) is 19.9 Å². The Labute approximate surface area is 84.9 Å². The van der Waals surface area contributed by atoms with Crippen molar-refractivity contribution in [2.75, 3.05) is 19.6 Å². The molecule has 1 heterocycles.